The maximum atomic E-state index is 6.40. The molecule has 1 aromatic heterocycles. The number of ether oxygens (including phenoxy) is 1. The molecule has 0 aliphatic heterocycles. The first-order valence-electron chi connectivity index (χ1n) is 6.88. The van der Waals surface area contributed by atoms with Gasteiger partial charge in [-0.1, -0.05) is 25.1 Å². The summed E-state index contributed by atoms with van der Waals surface area (Å²) in [6.07, 6.45) is 0.906. The van der Waals surface area contributed by atoms with Crippen molar-refractivity contribution in [3.8, 4) is 5.75 Å². The summed E-state index contributed by atoms with van der Waals surface area (Å²) in [4.78, 5) is 0. The topological polar surface area (TPSA) is 27.1 Å². The zero-order valence-corrected chi connectivity index (χ0v) is 13.2. The first-order valence-corrected chi connectivity index (χ1v) is 7.32. The van der Waals surface area contributed by atoms with Crippen molar-refractivity contribution in [1.82, 2.24) is 9.78 Å². The second-order valence-electron chi connectivity index (χ2n) is 4.93. The Labute approximate surface area is 125 Å². The van der Waals surface area contributed by atoms with E-state index in [1.54, 1.807) is 7.11 Å². The van der Waals surface area contributed by atoms with Gasteiger partial charge in [0.05, 0.1) is 24.7 Å². The highest BCUT2D eigenvalue weighted by Crippen LogP contribution is 2.30. The van der Waals surface area contributed by atoms with E-state index in [4.69, 9.17) is 16.3 Å². The normalized spacial score (nSPS) is 12.4. The number of aromatic nitrogens is 2. The van der Waals surface area contributed by atoms with Gasteiger partial charge < -0.3 is 4.74 Å². The predicted molar refractivity (Wildman–Crippen MR) is 82.7 cm³/mol. The Balaban J connectivity index is 2.35. The second kappa shape index (κ2) is 6.31. The zero-order valence-electron chi connectivity index (χ0n) is 12.5. The van der Waals surface area contributed by atoms with Crippen LogP contribution in [0.4, 0.5) is 0 Å². The van der Waals surface area contributed by atoms with Crippen LogP contribution in [-0.2, 0) is 6.54 Å². The number of methoxy groups -OCH3 is 1. The molecule has 1 atom stereocenters. The van der Waals surface area contributed by atoms with E-state index in [0.717, 1.165) is 34.7 Å². The fourth-order valence-electron chi connectivity index (χ4n) is 2.52. The Bertz CT molecular complexity index is 592. The Morgan fingerprint density at radius 1 is 1.30 bits per heavy atom. The van der Waals surface area contributed by atoms with E-state index >= 15 is 0 Å². The summed E-state index contributed by atoms with van der Waals surface area (Å²) in [6.45, 7) is 6.89. The molecule has 1 heterocycles. The van der Waals surface area contributed by atoms with Crippen LogP contribution >= 0.6 is 11.6 Å². The molecular formula is C16H21ClN2O. The first-order chi connectivity index (χ1) is 9.58. The summed E-state index contributed by atoms with van der Waals surface area (Å²) in [5.41, 5.74) is 4.42. The minimum absolute atomic E-state index is 0.0291. The van der Waals surface area contributed by atoms with Crippen LogP contribution in [-0.4, -0.2) is 16.9 Å². The number of alkyl halides is 1. The minimum atomic E-state index is 0.0291. The van der Waals surface area contributed by atoms with Crippen molar-refractivity contribution in [2.75, 3.05) is 7.11 Å². The van der Waals surface area contributed by atoms with Crippen molar-refractivity contribution in [2.45, 2.75) is 39.1 Å². The first kappa shape index (κ1) is 14.9. The number of benzene rings is 1. The molecule has 0 spiro atoms. The number of rotatable bonds is 5. The third-order valence-corrected chi connectivity index (χ3v) is 4.15. The van der Waals surface area contributed by atoms with Crippen molar-refractivity contribution in [1.29, 1.82) is 0 Å². The molecule has 0 bridgehead atoms. The van der Waals surface area contributed by atoms with Gasteiger partial charge in [-0.05, 0) is 26.3 Å². The summed E-state index contributed by atoms with van der Waals surface area (Å²) in [5.74, 6) is 0.888. The second-order valence-corrected chi connectivity index (χ2v) is 5.46. The third kappa shape index (κ3) is 2.83. The molecule has 0 radical (unpaired) electrons. The van der Waals surface area contributed by atoms with E-state index in [9.17, 15) is 0 Å². The fraction of sp³-hybridized carbons (Fsp3) is 0.438. The van der Waals surface area contributed by atoms with E-state index < -0.39 is 0 Å². The predicted octanol–water partition coefficient (Wildman–Crippen LogP) is 4.25. The van der Waals surface area contributed by atoms with Gasteiger partial charge >= 0.3 is 0 Å². The molecule has 0 saturated carbocycles. The van der Waals surface area contributed by atoms with Gasteiger partial charge in [0.2, 0.25) is 0 Å². The van der Waals surface area contributed by atoms with Crippen LogP contribution in [0.15, 0.2) is 24.3 Å². The van der Waals surface area contributed by atoms with E-state index in [1.165, 1.54) is 0 Å². The third-order valence-electron chi connectivity index (χ3n) is 3.62. The van der Waals surface area contributed by atoms with Gasteiger partial charge in [-0.25, -0.2) is 0 Å². The lowest BCUT2D eigenvalue weighted by molar-refractivity contribution is 0.407. The highest BCUT2D eigenvalue weighted by molar-refractivity contribution is 6.20. The molecule has 1 aromatic carbocycles. The van der Waals surface area contributed by atoms with Gasteiger partial charge in [-0.3, -0.25) is 4.68 Å². The Morgan fingerprint density at radius 3 is 2.65 bits per heavy atom. The maximum Gasteiger partial charge on any atom is 0.123 e. The Hall–Kier alpha value is -1.48. The lowest BCUT2D eigenvalue weighted by atomic mass is 10.1. The molecule has 0 amide bonds. The van der Waals surface area contributed by atoms with Gasteiger partial charge in [0.15, 0.2) is 0 Å². The molecule has 2 aromatic rings. The highest BCUT2D eigenvalue weighted by atomic mass is 35.5. The van der Waals surface area contributed by atoms with Crippen LogP contribution in [0.25, 0.3) is 0 Å². The standard InChI is InChI=1S/C16H21ClN2O/c1-5-14(17)16-11(2)18-19(12(16)3)10-13-8-6-7-9-15(13)20-4/h6-9,14H,5,10H2,1-4H3. The molecular weight excluding hydrogens is 272 g/mol. The molecule has 0 aliphatic carbocycles. The summed E-state index contributed by atoms with van der Waals surface area (Å²) in [6, 6.07) is 8.02. The Kier molecular flexibility index (Phi) is 4.71. The van der Waals surface area contributed by atoms with Crippen molar-refractivity contribution >= 4 is 11.6 Å². The molecule has 0 aliphatic rings. The summed E-state index contributed by atoms with van der Waals surface area (Å²) in [7, 11) is 1.69. The van der Waals surface area contributed by atoms with Crippen LogP contribution in [0.1, 0.15) is 41.2 Å². The van der Waals surface area contributed by atoms with Gasteiger partial charge in [0.25, 0.3) is 0 Å². The SMILES string of the molecule is CCC(Cl)c1c(C)nn(Cc2ccccc2OC)c1C. The van der Waals surface area contributed by atoms with Crippen molar-refractivity contribution in [2.24, 2.45) is 0 Å². The molecule has 0 fully saturated rings. The highest BCUT2D eigenvalue weighted by Gasteiger charge is 2.18. The summed E-state index contributed by atoms with van der Waals surface area (Å²) >= 11 is 6.40. The maximum absolute atomic E-state index is 6.40. The van der Waals surface area contributed by atoms with Crippen LogP contribution < -0.4 is 4.74 Å². The monoisotopic (exact) mass is 292 g/mol. The number of nitrogens with zero attached hydrogens (tertiary/aromatic N) is 2. The smallest absolute Gasteiger partial charge is 0.123 e. The van der Waals surface area contributed by atoms with Crippen molar-refractivity contribution < 1.29 is 4.74 Å². The van der Waals surface area contributed by atoms with E-state index in [2.05, 4.69) is 25.0 Å². The summed E-state index contributed by atoms with van der Waals surface area (Å²) in [5, 5.41) is 4.66. The van der Waals surface area contributed by atoms with Gasteiger partial charge in [0.1, 0.15) is 5.75 Å². The van der Waals surface area contributed by atoms with Gasteiger partial charge in [-0.15, -0.1) is 11.6 Å². The number of para-hydroxylation sites is 1. The van der Waals surface area contributed by atoms with E-state index in [0.29, 0.717) is 6.54 Å². The molecule has 0 saturated heterocycles. The van der Waals surface area contributed by atoms with Crippen molar-refractivity contribution in [3.63, 3.8) is 0 Å². The Morgan fingerprint density at radius 2 is 2.00 bits per heavy atom. The molecule has 1 unspecified atom stereocenters. The average molecular weight is 293 g/mol. The number of halogens is 1. The van der Waals surface area contributed by atoms with Gasteiger partial charge in [-0.2, -0.15) is 5.10 Å². The van der Waals surface area contributed by atoms with Crippen molar-refractivity contribution in [3.05, 3.63) is 46.8 Å². The largest absolute Gasteiger partial charge is 0.496 e. The number of hydrogen-bond acceptors (Lipinski definition) is 2. The minimum Gasteiger partial charge on any atom is -0.496 e. The quantitative estimate of drug-likeness (QED) is 0.771. The lowest BCUT2D eigenvalue weighted by Gasteiger charge is -2.11. The van der Waals surface area contributed by atoms with Gasteiger partial charge in [0, 0.05) is 16.8 Å². The molecule has 2 rings (SSSR count). The lowest BCUT2D eigenvalue weighted by Crippen LogP contribution is -2.06. The molecule has 4 heteroatoms. The molecule has 3 nitrogen and oxygen atoms in total. The van der Waals surface area contributed by atoms with E-state index in [1.807, 2.05) is 29.8 Å². The van der Waals surface area contributed by atoms with Crippen LogP contribution in [0.5, 0.6) is 5.75 Å². The van der Waals surface area contributed by atoms with Crippen LogP contribution in [0.3, 0.4) is 0 Å². The van der Waals surface area contributed by atoms with Crippen LogP contribution in [0, 0.1) is 13.8 Å². The molecule has 108 valence electrons. The summed E-state index contributed by atoms with van der Waals surface area (Å²) < 4.78 is 7.40. The number of aryl methyl sites for hydroxylation is 1. The fourth-order valence-corrected chi connectivity index (χ4v) is 2.83. The average Bonchev–Trinajstić information content (AvgIpc) is 2.73. The van der Waals surface area contributed by atoms with Crippen LogP contribution in [0.2, 0.25) is 0 Å². The number of hydrogen-bond donors (Lipinski definition) is 0. The molecule has 20 heavy (non-hydrogen) atoms. The molecule has 0 N–H and O–H groups in total. The zero-order chi connectivity index (χ0) is 14.7. The van der Waals surface area contributed by atoms with E-state index in [-0.39, 0.29) is 5.38 Å².